The first kappa shape index (κ1) is 18.5. The summed E-state index contributed by atoms with van der Waals surface area (Å²) in [5, 5.41) is 6.85. The number of alkyl halides is 3. The van der Waals surface area contributed by atoms with E-state index in [1.807, 2.05) is 36.4 Å². The van der Waals surface area contributed by atoms with Gasteiger partial charge >= 0.3 is 6.18 Å². The SMILES string of the molecule is FC(F)(F)c1cc(-c2ccccc2)ccc1[C@H]1C[C@@H]1NCC1CCNCC1. The van der Waals surface area contributed by atoms with Crippen LogP contribution in [0, 0.1) is 5.92 Å². The van der Waals surface area contributed by atoms with Crippen LogP contribution in [0.3, 0.4) is 0 Å². The van der Waals surface area contributed by atoms with Gasteiger partial charge in [-0.15, -0.1) is 0 Å². The lowest BCUT2D eigenvalue weighted by atomic mass is 9.96. The highest BCUT2D eigenvalue weighted by Gasteiger charge is 2.44. The molecule has 0 amide bonds. The van der Waals surface area contributed by atoms with Gasteiger partial charge in [0.1, 0.15) is 0 Å². The third-order valence-electron chi connectivity index (χ3n) is 5.78. The standard InChI is InChI=1S/C22H25F3N2/c23-22(24,25)20-12-17(16-4-2-1-3-5-16)6-7-18(20)19-13-21(19)27-14-15-8-10-26-11-9-15/h1-7,12,15,19,21,26-27H,8-11,13-14H2/t19-,21+/m1/s1. The molecule has 2 atom stereocenters. The van der Waals surface area contributed by atoms with Crippen molar-refractivity contribution >= 4 is 0 Å². The molecule has 4 rings (SSSR count). The van der Waals surface area contributed by atoms with Crippen LogP contribution in [0.15, 0.2) is 48.5 Å². The van der Waals surface area contributed by atoms with E-state index in [0.717, 1.165) is 44.5 Å². The molecule has 0 unspecified atom stereocenters. The number of rotatable bonds is 5. The molecule has 1 aliphatic carbocycles. The molecule has 1 aliphatic heterocycles. The Morgan fingerprint density at radius 2 is 1.70 bits per heavy atom. The van der Waals surface area contributed by atoms with Crippen LogP contribution in [0.1, 0.15) is 36.3 Å². The van der Waals surface area contributed by atoms with Crippen LogP contribution in [0.5, 0.6) is 0 Å². The van der Waals surface area contributed by atoms with Crippen molar-refractivity contribution in [2.45, 2.75) is 37.4 Å². The average molecular weight is 374 g/mol. The van der Waals surface area contributed by atoms with Gasteiger partial charge in [-0.3, -0.25) is 0 Å². The summed E-state index contributed by atoms with van der Waals surface area (Å²) in [5.74, 6) is 0.600. The fourth-order valence-electron chi connectivity index (χ4n) is 4.10. The maximum absolute atomic E-state index is 13.7. The van der Waals surface area contributed by atoms with Gasteiger partial charge in [-0.1, -0.05) is 42.5 Å². The molecule has 0 spiro atoms. The van der Waals surface area contributed by atoms with Gasteiger partial charge in [0.2, 0.25) is 0 Å². The van der Waals surface area contributed by atoms with E-state index >= 15 is 0 Å². The Labute approximate surface area is 158 Å². The Morgan fingerprint density at radius 1 is 0.963 bits per heavy atom. The first-order valence-corrected chi connectivity index (χ1v) is 9.73. The van der Waals surface area contributed by atoms with Crippen molar-refractivity contribution in [3.63, 3.8) is 0 Å². The Hall–Kier alpha value is -1.85. The lowest BCUT2D eigenvalue weighted by Crippen LogP contribution is -2.34. The first-order chi connectivity index (χ1) is 13.0. The van der Waals surface area contributed by atoms with Crippen molar-refractivity contribution in [3.05, 3.63) is 59.7 Å². The number of nitrogens with one attached hydrogen (secondary N) is 2. The van der Waals surface area contributed by atoms with Crippen molar-refractivity contribution in [1.29, 1.82) is 0 Å². The minimum absolute atomic E-state index is 0.0341. The van der Waals surface area contributed by atoms with Crippen LogP contribution in [-0.4, -0.2) is 25.7 Å². The molecule has 2 nitrogen and oxygen atoms in total. The predicted octanol–water partition coefficient (Wildman–Crippen LogP) is 4.82. The Balaban J connectivity index is 1.49. The summed E-state index contributed by atoms with van der Waals surface area (Å²) in [7, 11) is 0. The lowest BCUT2D eigenvalue weighted by molar-refractivity contribution is -0.138. The normalized spacial score (nSPS) is 23.4. The van der Waals surface area contributed by atoms with Gasteiger partial charge in [0, 0.05) is 12.0 Å². The van der Waals surface area contributed by atoms with Crippen LogP contribution in [0.4, 0.5) is 13.2 Å². The molecule has 2 aromatic rings. The van der Waals surface area contributed by atoms with E-state index in [9.17, 15) is 13.2 Å². The van der Waals surface area contributed by atoms with Crippen LogP contribution >= 0.6 is 0 Å². The zero-order chi connectivity index (χ0) is 18.9. The third-order valence-corrected chi connectivity index (χ3v) is 5.78. The first-order valence-electron chi connectivity index (χ1n) is 9.73. The van der Waals surface area contributed by atoms with Crippen molar-refractivity contribution in [3.8, 4) is 11.1 Å². The number of halogens is 3. The molecule has 2 aromatic carbocycles. The zero-order valence-electron chi connectivity index (χ0n) is 15.2. The number of hydrogen-bond acceptors (Lipinski definition) is 2. The molecular formula is C22H25F3N2. The minimum atomic E-state index is -4.33. The Morgan fingerprint density at radius 3 is 2.41 bits per heavy atom. The summed E-state index contributed by atoms with van der Waals surface area (Å²) < 4.78 is 41.1. The third kappa shape index (κ3) is 4.36. The second kappa shape index (κ2) is 7.64. The van der Waals surface area contributed by atoms with E-state index < -0.39 is 11.7 Å². The van der Waals surface area contributed by atoms with E-state index in [2.05, 4.69) is 10.6 Å². The second-order valence-electron chi connectivity index (χ2n) is 7.72. The van der Waals surface area contributed by atoms with Gasteiger partial charge < -0.3 is 10.6 Å². The fraction of sp³-hybridized carbons (Fsp3) is 0.455. The molecule has 0 aromatic heterocycles. The fourth-order valence-corrected chi connectivity index (χ4v) is 4.10. The topological polar surface area (TPSA) is 24.1 Å². The quantitative estimate of drug-likeness (QED) is 0.784. The molecule has 0 bridgehead atoms. The summed E-state index contributed by atoms with van der Waals surface area (Å²) in [6, 6.07) is 14.2. The van der Waals surface area contributed by atoms with Gasteiger partial charge in [0.15, 0.2) is 0 Å². The maximum atomic E-state index is 13.7. The van der Waals surface area contributed by atoms with Crippen LogP contribution < -0.4 is 10.6 Å². The summed E-state index contributed by atoms with van der Waals surface area (Å²) in [6.07, 6.45) is -1.26. The average Bonchev–Trinajstić information content (AvgIpc) is 3.46. The molecule has 1 heterocycles. The van der Waals surface area contributed by atoms with E-state index in [-0.39, 0.29) is 12.0 Å². The Bertz CT molecular complexity index is 767. The molecule has 5 heteroatoms. The maximum Gasteiger partial charge on any atom is 0.416 e. The Kier molecular flexibility index (Phi) is 5.24. The highest BCUT2D eigenvalue weighted by atomic mass is 19.4. The van der Waals surface area contributed by atoms with Gasteiger partial charge in [0.05, 0.1) is 5.56 Å². The van der Waals surface area contributed by atoms with Crippen molar-refractivity contribution in [2.75, 3.05) is 19.6 Å². The zero-order valence-corrected chi connectivity index (χ0v) is 15.2. The summed E-state index contributed by atoms with van der Waals surface area (Å²) in [5.41, 5.74) is 1.38. The van der Waals surface area contributed by atoms with Crippen molar-refractivity contribution < 1.29 is 13.2 Å². The monoisotopic (exact) mass is 374 g/mol. The van der Waals surface area contributed by atoms with Crippen LogP contribution in [-0.2, 0) is 6.18 Å². The summed E-state index contributed by atoms with van der Waals surface area (Å²) >= 11 is 0. The highest BCUT2D eigenvalue weighted by molar-refractivity contribution is 5.65. The lowest BCUT2D eigenvalue weighted by Gasteiger charge is -2.23. The number of piperidine rings is 1. The molecule has 2 N–H and O–H groups in total. The van der Waals surface area contributed by atoms with E-state index in [0.29, 0.717) is 17.0 Å². The summed E-state index contributed by atoms with van der Waals surface area (Å²) in [4.78, 5) is 0. The largest absolute Gasteiger partial charge is 0.416 e. The van der Waals surface area contributed by atoms with Crippen molar-refractivity contribution in [1.82, 2.24) is 10.6 Å². The molecule has 27 heavy (non-hydrogen) atoms. The minimum Gasteiger partial charge on any atom is -0.317 e. The molecule has 144 valence electrons. The van der Waals surface area contributed by atoms with E-state index in [1.165, 1.54) is 6.07 Å². The van der Waals surface area contributed by atoms with Gasteiger partial charge in [-0.05, 0) is 67.6 Å². The van der Waals surface area contributed by atoms with Gasteiger partial charge in [-0.2, -0.15) is 13.2 Å². The molecule has 2 aliphatic rings. The van der Waals surface area contributed by atoms with Gasteiger partial charge in [0.25, 0.3) is 0 Å². The number of benzene rings is 2. The molecular weight excluding hydrogens is 349 g/mol. The van der Waals surface area contributed by atoms with E-state index in [1.54, 1.807) is 6.07 Å². The summed E-state index contributed by atoms with van der Waals surface area (Å²) in [6.45, 7) is 2.99. The molecule has 0 radical (unpaired) electrons. The van der Waals surface area contributed by atoms with Crippen LogP contribution in [0.25, 0.3) is 11.1 Å². The molecule has 2 fully saturated rings. The van der Waals surface area contributed by atoms with Gasteiger partial charge in [-0.25, -0.2) is 0 Å². The van der Waals surface area contributed by atoms with E-state index in [4.69, 9.17) is 0 Å². The predicted molar refractivity (Wildman–Crippen MR) is 102 cm³/mol. The molecule has 1 saturated carbocycles. The number of hydrogen-bond donors (Lipinski definition) is 2. The van der Waals surface area contributed by atoms with Crippen LogP contribution in [0.2, 0.25) is 0 Å². The van der Waals surface area contributed by atoms with Crippen molar-refractivity contribution in [2.24, 2.45) is 5.92 Å². The highest BCUT2D eigenvalue weighted by Crippen LogP contribution is 2.47. The smallest absolute Gasteiger partial charge is 0.317 e. The second-order valence-corrected chi connectivity index (χ2v) is 7.72. The molecule has 1 saturated heterocycles.